The summed E-state index contributed by atoms with van der Waals surface area (Å²) in [5, 5.41) is 4.45. The van der Waals surface area contributed by atoms with Crippen molar-refractivity contribution in [3.63, 3.8) is 0 Å². The number of pyridine rings is 1. The Morgan fingerprint density at radius 2 is 2.04 bits per heavy atom. The van der Waals surface area contributed by atoms with Crippen LogP contribution in [0.3, 0.4) is 0 Å². The summed E-state index contributed by atoms with van der Waals surface area (Å²) in [5.74, 6) is 0. The van der Waals surface area contributed by atoms with E-state index in [4.69, 9.17) is 17.0 Å². The summed E-state index contributed by atoms with van der Waals surface area (Å²) in [4.78, 5) is 7.11. The number of thiocarbonyl (C=S) groups is 1. The number of ether oxygens (including phenoxy) is 1. The van der Waals surface area contributed by atoms with Crippen LogP contribution in [0.25, 0.3) is 0 Å². The highest BCUT2D eigenvalue weighted by atomic mass is 32.1. The fourth-order valence-electron chi connectivity index (χ4n) is 4.52. The first-order valence-electron chi connectivity index (χ1n) is 9.93. The van der Waals surface area contributed by atoms with Crippen molar-refractivity contribution in [1.29, 1.82) is 0 Å². The zero-order chi connectivity index (χ0) is 18.6. The van der Waals surface area contributed by atoms with Gasteiger partial charge < -0.3 is 19.5 Å². The highest BCUT2D eigenvalue weighted by Gasteiger charge is 2.44. The van der Waals surface area contributed by atoms with E-state index in [0.29, 0.717) is 12.6 Å². The van der Waals surface area contributed by atoms with Gasteiger partial charge in [-0.3, -0.25) is 4.98 Å². The number of rotatable bonds is 6. The Labute approximate surface area is 166 Å². The molecule has 27 heavy (non-hydrogen) atoms. The zero-order valence-electron chi connectivity index (χ0n) is 15.9. The molecule has 2 aromatic heterocycles. The summed E-state index contributed by atoms with van der Waals surface area (Å²) in [5.41, 5.74) is 2.32. The molecule has 0 unspecified atom stereocenters. The maximum Gasteiger partial charge on any atom is 0.170 e. The van der Waals surface area contributed by atoms with E-state index in [2.05, 4.69) is 50.2 Å². The van der Waals surface area contributed by atoms with Crippen molar-refractivity contribution in [3.8, 4) is 0 Å². The maximum absolute atomic E-state index is 5.83. The third-order valence-corrected chi connectivity index (χ3v) is 6.14. The molecule has 2 aromatic rings. The summed E-state index contributed by atoms with van der Waals surface area (Å²) >= 11 is 5.83. The topological polar surface area (TPSA) is 42.3 Å². The molecule has 2 fully saturated rings. The molecule has 0 amide bonds. The first-order valence-corrected chi connectivity index (χ1v) is 10.3. The highest BCUT2D eigenvalue weighted by Crippen LogP contribution is 2.42. The Morgan fingerprint density at radius 1 is 1.19 bits per heavy atom. The number of aromatic nitrogens is 2. The molecule has 4 rings (SSSR count). The van der Waals surface area contributed by atoms with Crippen molar-refractivity contribution in [2.75, 3.05) is 13.7 Å². The number of nitrogens with one attached hydrogen (secondary N) is 1. The van der Waals surface area contributed by atoms with Gasteiger partial charge in [0.25, 0.3) is 0 Å². The quantitative estimate of drug-likeness (QED) is 0.767. The number of hydrogen-bond donors (Lipinski definition) is 1. The lowest BCUT2D eigenvalue weighted by atomic mass is 9.92. The second kappa shape index (κ2) is 8.40. The standard InChI is InChI=1S/C21H28N4OS/c1-26-15-14-24-13-7-11-18(24)20-19(17-10-5-6-12-22-17)23-21(27)25(20)16-8-3-2-4-9-16/h5-7,10-13,16,19-20H,2-4,8-9,14-15H2,1H3,(H,23,27)/t19-,20-/m0/s1. The minimum absolute atomic E-state index is 0.0665. The fourth-order valence-corrected chi connectivity index (χ4v) is 4.91. The van der Waals surface area contributed by atoms with Crippen molar-refractivity contribution in [2.24, 2.45) is 0 Å². The van der Waals surface area contributed by atoms with E-state index in [0.717, 1.165) is 17.4 Å². The molecule has 0 spiro atoms. The minimum Gasteiger partial charge on any atom is -0.383 e. The second-order valence-corrected chi connectivity index (χ2v) is 7.83. The van der Waals surface area contributed by atoms with Gasteiger partial charge in [0.1, 0.15) is 0 Å². The monoisotopic (exact) mass is 384 g/mol. The summed E-state index contributed by atoms with van der Waals surface area (Å²) < 4.78 is 7.62. The number of nitrogens with zero attached hydrogens (tertiary/aromatic N) is 3. The highest BCUT2D eigenvalue weighted by molar-refractivity contribution is 7.80. The molecule has 6 heteroatoms. The average Bonchev–Trinajstić information content (AvgIpc) is 3.31. The van der Waals surface area contributed by atoms with Gasteiger partial charge in [-0.1, -0.05) is 25.3 Å². The molecule has 3 heterocycles. The fraction of sp³-hybridized carbons (Fsp3) is 0.524. The van der Waals surface area contributed by atoms with Crippen LogP contribution in [0.1, 0.15) is 55.6 Å². The van der Waals surface area contributed by atoms with Gasteiger partial charge in [0, 0.05) is 37.8 Å². The molecule has 0 aromatic carbocycles. The van der Waals surface area contributed by atoms with E-state index in [1.165, 1.54) is 37.8 Å². The van der Waals surface area contributed by atoms with E-state index < -0.39 is 0 Å². The largest absolute Gasteiger partial charge is 0.383 e. The van der Waals surface area contributed by atoms with E-state index in [1.54, 1.807) is 7.11 Å². The Kier molecular flexibility index (Phi) is 5.74. The molecule has 5 nitrogen and oxygen atoms in total. The molecule has 1 aliphatic carbocycles. The van der Waals surface area contributed by atoms with Gasteiger partial charge in [-0.25, -0.2) is 0 Å². The first kappa shape index (κ1) is 18.4. The maximum atomic E-state index is 5.83. The van der Waals surface area contributed by atoms with Crippen molar-refractivity contribution in [2.45, 2.75) is 56.8 Å². The van der Waals surface area contributed by atoms with Crippen LogP contribution in [0.4, 0.5) is 0 Å². The predicted molar refractivity (Wildman–Crippen MR) is 110 cm³/mol. The van der Waals surface area contributed by atoms with Crippen molar-refractivity contribution in [3.05, 3.63) is 54.1 Å². The lowest BCUT2D eigenvalue weighted by molar-refractivity contribution is 0.174. The van der Waals surface area contributed by atoms with E-state index in [1.807, 2.05) is 12.3 Å². The minimum atomic E-state index is 0.0665. The molecule has 1 saturated heterocycles. The van der Waals surface area contributed by atoms with Gasteiger partial charge in [0.05, 0.1) is 24.4 Å². The third-order valence-electron chi connectivity index (χ3n) is 5.81. The van der Waals surface area contributed by atoms with Crippen molar-refractivity contribution in [1.82, 2.24) is 19.8 Å². The first-order chi connectivity index (χ1) is 13.3. The Morgan fingerprint density at radius 3 is 2.78 bits per heavy atom. The van der Waals surface area contributed by atoms with Gasteiger partial charge in [-0.05, 0) is 49.3 Å². The summed E-state index contributed by atoms with van der Waals surface area (Å²) in [7, 11) is 1.75. The van der Waals surface area contributed by atoms with Crippen molar-refractivity contribution >= 4 is 17.3 Å². The summed E-state index contributed by atoms with van der Waals surface area (Å²) in [6.45, 7) is 1.54. The van der Waals surface area contributed by atoms with Crippen molar-refractivity contribution < 1.29 is 4.74 Å². The predicted octanol–water partition coefficient (Wildman–Crippen LogP) is 3.83. The van der Waals surface area contributed by atoms with E-state index >= 15 is 0 Å². The SMILES string of the molecule is COCCn1cccc1[C@H]1[C@H](c2ccccn2)NC(=S)N1C1CCCCC1. The molecule has 1 saturated carbocycles. The van der Waals surface area contributed by atoms with Gasteiger partial charge in [-0.2, -0.15) is 0 Å². The molecule has 2 aliphatic rings. The van der Waals surface area contributed by atoms with E-state index in [-0.39, 0.29) is 12.1 Å². The van der Waals surface area contributed by atoms with Gasteiger partial charge in [0.2, 0.25) is 0 Å². The summed E-state index contributed by atoms with van der Waals surface area (Å²) in [6, 6.07) is 11.2. The van der Waals surface area contributed by atoms with Gasteiger partial charge >= 0.3 is 0 Å². The molecule has 1 aliphatic heterocycles. The zero-order valence-corrected chi connectivity index (χ0v) is 16.7. The molecular formula is C21H28N4OS. The molecule has 0 radical (unpaired) electrons. The average molecular weight is 385 g/mol. The van der Waals surface area contributed by atoms with Crippen LogP contribution in [0, 0.1) is 0 Å². The molecule has 144 valence electrons. The number of methoxy groups -OCH3 is 1. The Balaban J connectivity index is 1.72. The van der Waals surface area contributed by atoms with E-state index in [9.17, 15) is 0 Å². The van der Waals surface area contributed by atoms with Crippen LogP contribution in [0.15, 0.2) is 42.7 Å². The van der Waals surface area contributed by atoms with Gasteiger partial charge in [-0.15, -0.1) is 0 Å². The van der Waals surface area contributed by atoms with Crippen LogP contribution < -0.4 is 5.32 Å². The molecule has 2 atom stereocenters. The lowest BCUT2D eigenvalue weighted by Crippen LogP contribution is -2.41. The lowest BCUT2D eigenvalue weighted by Gasteiger charge is -2.37. The number of hydrogen-bond acceptors (Lipinski definition) is 3. The Bertz CT molecular complexity index is 757. The van der Waals surface area contributed by atoms with Crippen LogP contribution in [0.2, 0.25) is 0 Å². The summed E-state index contributed by atoms with van der Waals surface area (Å²) in [6.07, 6.45) is 10.3. The smallest absolute Gasteiger partial charge is 0.170 e. The van der Waals surface area contributed by atoms with Crippen LogP contribution in [-0.2, 0) is 11.3 Å². The van der Waals surface area contributed by atoms with Crippen LogP contribution in [-0.4, -0.2) is 39.3 Å². The second-order valence-electron chi connectivity index (χ2n) is 7.44. The third kappa shape index (κ3) is 3.73. The molecular weight excluding hydrogens is 356 g/mol. The normalized spacial score (nSPS) is 23.6. The van der Waals surface area contributed by atoms with Gasteiger partial charge in [0.15, 0.2) is 5.11 Å². The molecule has 0 bridgehead atoms. The molecule has 1 N–H and O–H groups in total. The van der Waals surface area contributed by atoms with Crippen LogP contribution in [0.5, 0.6) is 0 Å². The van der Waals surface area contributed by atoms with Crippen LogP contribution >= 0.6 is 12.2 Å². The Hall–Kier alpha value is -1.92.